The Kier molecular flexibility index (Phi) is 3.53. The van der Waals surface area contributed by atoms with E-state index in [1.807, 2.05) is 0 Å². The maximum Gasteiger partial charge on any atom is 0.419 e. The zero-order valence-electron chi connectivity index (χ0n) is 7.04. The molecule has 0 bridgehead atoms. The average molecular weight is 271 g/mol. The summed E-state index contributed by atoms with van der Waals surface area (Å²) in [7, 11) is 0. The number of rotatable bonds is 2. The molecule has 1 aromatic carbocycles. The standard InChI is InChI=1S/C9H7BrF4/c10-4-3-6-1-2-8(11)7(5-6)9(12,13)14/h1-2,5H,3-4H2. The fraction of sp³-hybridized carbons (Fsp3) is 0.333. The van der Waals surface area contributed by atoms with Crippen LogP contribution in [0.3, 0.4) is 0 Å². The van der Waals surface area contributed by atoms with Crippen LogP contribution in [0, 0.1) is 5.82 Å². The third-order valence-electron chi connectivity index (χ3n) is 1.72. The van der Waals surface area contributed by atoms with Gasteiger partial charge in [0.25, 0.3) is 0 Å². The monoisotopic (exact) mass is 270 g/mol. The summed E-state index contributed by atoms with van der Waals surface area (Å²) in [6, 6.07) is 3.04. The number of hydrogen-bond donors (Lipinski definition) is 0. The first kappa shape index (κ1) is 11.5. The Morgan fingerprint density at radius 2 is 1.86 bits per heavy atom. The van der Waals surface area contributed by atoms with Crippen molar-refractivity contribution in [3.63, 3.8) is 0 Å². The Bertz CT molecular complexity index is 319. The fourth-order valence-corrected chi connectivity index (χ4v) is 1.51. The van der Waals surface area contributed by atoms with Gasteiger partial charge in [-0.1, -0.05) is 22.0 Å². The summed E-state index contributed by atoms with van der Waals surface area (Å²) >= 11 is 3.10. The molecule has 0 unspecified atom stereocenters. The van der Waals surface area contributed by atoms with E-state index in [2.05, 4.69) is 15.9 Å². The molecule has 0 aliphatic carbocycles. The lowest BCUT2D eigenvalue weighted by Crippen LogP contribution is -2.08. The van der Waals surface area contributed by atoms with E-state index >= 15 is 0 Å². The van der Waals surface area contributed by atoms with Crippen LogP contribution >= 0.6 is 15.9 Å². The molecule has 0 aliphatic heterocycles. The van der Waals surface area contributed by atoms with E-state index in [0.717, 1.165) is 12.1 Å². The predicted molar refractivity (Wildman–Crippen MR) is 48.9 cm³/mol. The van der Waals surface area contributed by atoms with Gasteiger partial charge in [0.1, 0.15) is 5.82 Å². The van der Waals surface area contributed by atoms with Gasteiger partial charge in [-0.25, -0.2) is 4.39 Å². The van der Waals surface area contributed by atoms with Crippen LogP contribution < -0.4 is 0 Å². The highest BCUT2D eigenvalue weighted by atomic mass is 79.9. The molecule has 1 aromatic rings. The molecule has 0 aromatic heterocycles. The van der Waals surface area contributed by atoms with Gasteiger partial charge < -0.3 is 0 Å². The quantitative estimate of drug-likeness (QED) is 0.567. The van der Waals surface area contributed by atoms with Crippen LogP contribution in [0.15, 0.2) is 18.2 Å². The molecule has 0 atom stereocenters. The van der Waals surface area contributed by atoms with E-state index < -0.39 is 17.6 Å². The molecular formula is C9H7BrF4. The van der Waals surface area contributed by atoms with E-state index in [1.54, 1.807) is 0 Å². The van der Waals surface area contributed by atoms with Crippen molar-refractivity contribution in [2.24, 2.45) is 0 Å². The van der Waals surface area contributed by atoms with Crippen LogP contribution in [0.5, 0.6) is 0 Å². The van der Waals surface area contributed by atoms with Crippen LogP contribution in [0.25, 0.3) is 0 Å². The van der Waals surface area contributed by atoms with Gasteiger partial charge >= 0.3 is 6.18 Å². The predicted octanol–water partition coefficient (Wildman–Crippen LogP) is 3.78. The lowest BCUT2D eigenvalue weighted by atomic mass is 10.1. The molecule has 0 spiro atoms. The maximum absolute atomic E-state index is 12.8. The van der Waals surface area contributed by atoms with Gasteiger partial charge in [0.05, 0.1) is 5.56 Å². The second kappa shape index (κ2) is 4.29. The molecular weight excluding hydrogens is 264 g/mol. The number of alkyl halides is 4. The Morgan fingerprint density at radius 3 is 2.36 bits per heavy atom. The Labute approximate surface area is 87.1 Å². The molecule has 0 N–H and O–H groups in total. The lowest BCUT2D eigenvalue weighted by Gasteiger charge is -2.09. The molecule has 0 fully saturated rings. The summed E-state index contributed by atoms with van der Waals surface area (Å²) in [4.78, 5) is 0. The molecule has 5 heteroatoms. The average Bonchev–Trinajstić information content (AvgIpc) is 2.07. The summed E-state index contributed by atoms with van der Waals surface area (Å²) in [5, 5.41) is 0.552. The molecule has 0 radical (unpaired) electrons. The molecule has 0 aliphatic rings. The minimum Gasteiger partial charge on any atom is -0.206 e. The summed E-state index contributed by atoms with van der Waals surface area (Å²) in [6.45, 7) is 0. The number of benzene rings is 1. The zero-order chi connectivity index (χ0) is 10.8. The van der Waals surface area contributed by atoms with Gasteiger partial charge in [0.15, 0.2) is 0 Å². The van der Waals surface area contributed by atoms with Gasteiger partial charge in [0.2, 0.25) is 0 Å². The molecule has 78 valence electrons. The van der Waals surface area contributed by atoms with E-state index in [4.69, 9.17) is 0 Å². The minimum absolute atomic E-state index is 0.448. The normalized spacial score (nSPS) is 11.8. The van der Waals surface area contributed by atoms with Crippen molar-refractivity contribution in [2.75, 3.05) is 5.33 Å². The van der Waals surface area contributed by atoms with Crippen LogP contribution in [0.1, 0.15) is 11.1 Å². The first-order chi connectivity index (χ1) is 6.45. The van der Waals surface area contributed by atoms with E-state index in [1.165, 1.54) is 6.07 Å². The van der Waals surface area contributed by atoms with Gasteiger partial charge in [-0.2, -0.15) is 13.2 Å². The van der Waals surface area contributed by atoms with E-state index in [9.17, 15) is 17.6 Å². The van der Waals surface area contributed by atoms with Crippen LogP contribution in [0.2, 0.25) is 0 Å². The van der Waals surface area contributed by atoms with Crippen molar-refractivity contribution >= 4 is 15.9 Å². The zero-order valence-corrected chi connectivity index (χ0v) is 8.62. The van der Waals surface area contributed by atoms with Crippen molar-refractivity contribution in [3.05, 3.63) is 35.1 Å². The number of halogens is 5. The minimum atomic E-state index is -4.62. The summed E-state index contributed by atoms with van der Waals surface area (Å²) in [5.41, 5.74) is -0.730. The molecule has 14 heavy (non-hydrogen) atoms. The van der Waals surface area contributed by atoms with Crippen molar-refractivity contribution < 1.29 is 17.6 Å². The molecule has 0 saturated carbocycles. The smallest absolute Gasteiger partial charge is 0.206 e. The molecule has 0 nitrogen and oxygen atoms in total. The van der Waals surface area contributed by atoms with Gasteiger partial charge in [-0.15, -0.1) is 0 Å². The first-order valence-corrected chi connectivity index (χ1v) is 4.99. The first-order valence-electron chi connectivity index (χ1n) is 3.86. The molecule has 0 saturated heterocycles. The Morgan fingerprint density at radius 1 is 1.21 bits per heavy atom. The van der Waals surface area contributed by atoms with Gasteiger partial charge in [-0.3, -0.25) is 0 Å². The van der Waals surface area contributed by atoms with Crippen LogP contribution in [0.4, 0.5) is 17.6 Å². The van der Waals surface area contributed by atoms with Crippen molar-refractivity contribution in [3.8, 4) is 0 Å². The topological polar surface area (TPSA) is 0 Å². The van der Waals surface area contributed by atoms with Gasteiger partial charge in [-0.05, 0) is 24.1 Å². The van der Waals surface area contributed by atoms with Gasteiger partial charge in [0, 0.05) is 5.33 Å². The lowest BCUT2D eigenvalue weighted by molar-refractivity contribution is -0.140. The second-order valence-electron chi connectivity index (χ2n) is 2.75. The van der Waals surface area contributed by atoms with Crippen molar-refractivity contribution in [1.29, 1.82) is 0 Å². The molecule has 0 amide bonds. The highest BCUT2D eigenvalue weighted by molar-refractivity contribution is 9.09. The Hall–Kier alpha value is -0.580. The summed E-state index contributed by atoms with van der Waals surface area (Å²) < 4.78 is 49.4. The summed E-state index contributed by atoms with van der Waals surface area (Å²) in [6.07, 6.45) is -4.17. The van der Waals surface area contributed by atoms with E-state index in [-0.39, 0.29) is 0 Å². The van der Waals surface area contributed by atoms with Crippen LogP contribution in [-0.2, 0) is 12.6 Å². The fourth-order valence-electron chi connectivity index (χ4n) is 1.05. The van der Waals surface area contributed by atoms with E-state index in [0.29, 0.717) is 17.3 Å². The highest BCUT2D eigenvalue weighted by Gasteiger charge is 2.33. The van der Waals surface area contributed by atoms with Crippen molar-refractivity contribution in [2.45, 2.75) is 12.6 Å². The largest absolute Gasteiger partial charge is 0.419 e. The highest BCUT2D eigenvalue weighted by Crippen LogP contribution is 2.31. The number of aryl methyl sites for hydroxylation is 1. The molecule has 1 rings (SSSR count). The number of hydrogen-bond acceptors (Lipinski definition) is 0. The molecule has 0 heterocycles. The second-order valence-corrected chi connectivity index (χ2v) is 3.54. The van der Waals surface area contributed by atoms with Crippen LogP contribution in [-0.4, -0.2) is 5.33 Å². The Balaban J connectivity index is 3.09. The van der Waals surface area contributed by atoms with Crippen molar-refractivity contribution in [1.82, 2.24) is 0 Å². The maximum atomic E-state index is 12.8. The SMILES string of the molecule is Fc1ccc(CCBr)cc1C(F)(F)F. The summed E-state index contributed by atoms with van der Waals surface area (Å²) in [5.74, 6) is -1.23. The third-order valence-corrected chi connectivity index (χ3v) is 2.12. The third kappa shape index (κ3) is 2.70.